The van der Waals surface area contributed by atoms with Crippen LogP contribution in [0.3, 0.4) is 0 Å². The molecule has 1 saturated carbocycles. The van der Waals surface area contributed by atoms with E-state index in [1.807, 2.05) is 0 Å². The summed E-state index contributed by atoms with van der Waals surface area (Å²) in [5, 5.41) is 10.9. The molecule has 1 fully saturated rings. The maximum Gasteiger partial charge on any atom is 0.301 e. The van der Waals surface area contributed by atoms with Gasteiger partial charge >= 0.3 is 10.1 Å². The van der Waals surface area contributed by atoms with E-state index in [4.69, 9.17) is 0 Å². The molecule has 1 N–H and O–H groups in total. The summed E-state index contributed by atoms with van der Waals surface area (Å²) >= 11 is 0. The van der Waals surface area contributed by atoms with E-state index in [0.717, 1.165) is 38.2 Å². The molecule has 0 atom stereocenters. The zero-order valence-corrected chi connectivity index (χ0v) is 11.1. The minimum Gasteiger partial charge on any atom is -0.282 e. The van der Waals surface area contributed by atoms with Gasteiger partial charge in [-0.15, -0.1) is 0 Å². The molecule has 6 nitrogen and oxygen atoms in total. The summed E-state index contributed by atoms with van der Waals surface area (Å²) in [4.78, 5) is 9.63. The standard InChI is InChI=1S/C12H15NO5S/c14-13(15)11-8-4-7-10(12(11)19(16,17)18)9-5-2-1-3-6-9/h4,7-9H,1-3,5-6H2,(H,16,17,18). The van der Waals surface area contributed by atoms with Crippen molar-refractivity contribution in [3.05, 3.63) is 33.9 Å². The highest BCUT2D eigenvalue weighted by molar-refractivity contribution is 7.86. The summed E-state index contributed by atoms with van der Waals surface area (Å²) in [5.74, 6) is -0.0365. The number of nitro benzene ring substituents is 1. The monoisotopic (exact) mass is 285 g/mol. The third-order valence-corrected chi connectivity index (χ3v) is 4.49. The highest BCUT2D eigenvalue weighted by atomic mass is 32.2. The molecular weight excluding hydrogens is 270 g/mol. The molecule has 0 radical (unpaired) electrons. The molecule has 0 saturated heterocycles. The van der Waals surface area contributed by atoms with Crippen LogP contribution < -0.4 is 0 Å². The Morgan fingerprint density at radius 2 is 1.84 bits per heavy atom. The summed E-state index contributed by atoms with van der Waals surface area (Å²) in [6, 6.07) is 4.14. The molecular formula is C12H15NO5S. The number of nitro groups is 1. The van der Waals surface area contributed by atoms with Gasteiger partial charge < -0.3 is 0 Å². The van der Waals surface area contributed by atoms with E-state index in [1.165, 1.54) is 6.07 Å². The predicted octanol–water partition coefficient (Wildman–Crippen LogP) is 2.89. The smallest absolute Gasteiger partial charge is 0.282 e. The SMILES string of the molecule is O=[N+]([O-])c1cccc(C2CCCCC2)c1S(=O)(=O)O. The first kappa shape index (κ1) is 14.0. The van der Waals surface area contributed by atoms with Gasteiger partial charge in [0.15, 0.2) is 4.90 Å². The van der Waals surface area contributed by atoms with Crippen molar-refractivity contribution in [1.29, 1.82) is 0 Å². The molecule has 0 aromatic heterocycles. The summed E-state index contributed by atoms with van der Waals surface area (Å²) in [7, 11) is -4.60. The fourth-order valence-electron chi connectivity index (χ4n) is 2.70. The van der Waals surface area contributed by atoms with Crippen LogP contribution >= 0.6 is 0 Å². The quantitative estimate of drug-likeness (QED) is 0.523. The van der Waals surface area contributed by atoms with Crippen molar-refractivity contribution in [2.24, 2.45) is 0 Å². The van der Waals surface area contributed by atoms with E-state index in [9.17, 15) is 23.1 Å². The van der Waals surface area contributed by atoms with Crippen LogP contribution in [0.4, 0.5) is 5.69 Å². The highest BCUT2D eigenvalue weighted by Gasteiger charge is 2.31. The molecule has 2 rings (SSSR count). The molecule has 0 aliphatic heterocycles. The molecule has 0 bridgehead atoms. The normalized spacial score (nSPS) is 17.3. The summed E-state index contributed by atoms with van der Waals surface area (Å²) in [6.45, 7) is 0. The van der Waals surface area contributed by atoms with Gasteiger partial charge in [0.05, 0.1) is 4.92 Å². The van der Waals surface area contributed by atoms with E-state index < -0.39 is 25.6 Å². The molecule has 0 heterocycles. The Balaban J connectivity index is 2.60. The molecule has 1 aromatic carbocycles. The van der Waals surface area contributed by atoms with Gasteiger partial charge in [-0.1, -0.05) is 31.4 Å². The van der Waals surface area contributed by atoms with Crippen molar-refractivity contribution in [3.8, 4) is 0 Å². The fourth-order valence-corrected chi connectivity index (χ4v) is 3.64. The van der Waals surface area contributed by atoms with Crippen LogP contribution in [-0.2, 0) is 10.1 Å². The van der Waals surface area contributed by atoms with Crippen molar-refractivity contribution < 1.29 is 17.9 Å². The van der Waals surface area contributed by atoms with Crippen molar-refractivity contribution in [3.63, 3.8) is 0 Å². The van der Waals surface area contributed by atoms with Gasteiger partial charge in [0.1, 0.15) is 0 Å². The van der Waals surface area contributed by atoms with Crippen LogP contribution in [0, 0.1) is 10.1 Å². The van der Waals surface area contributed by atoms with Crippen LogP contribution in [0.5, 0.6) is 0 Å². The van der Waals surface area contributed by atoms with E-state index in [1.54, 1.807) is 6.07 Å². The van der Waals surface area contributed by atoms with Gasteiger partial charge in [-0.3, -0.25) is 14.7 Å². The second-order valence-electron chi connectivity index (χ2n) is 4.76. The lowest BCUT2D eigenvalue weighted by molar-refractivity contribution is -0.388. The molecule has 0 spiro atoms. The number of benzene rings is 1. The Hall–Kier alpha value is -1.47. The minimum absolute atomic E-state index is 0.0365. The predicted molar refractivity (Wildman–Crippen MR) is 68.7 cm³/mol. The van der Waals surface area contributed by atoms with E-state index in [0.29, 0.717) is 5.56 Å². The first-order valence-corrected chi connectivity index (χ1v) is 7.60. The maximum absolute atomic E-state index is 11.5. The Morgan fingerprint density at radius 3 is 2.37 bits per heavy atom. The van der Waals surface area contributed by atoms with Crippen molar-refractivity contribution >= 4 is 15.8 Å². The Labute approximate surface area is 111 Å². The molecule has 104 valence electrons. The van der Waals surface area contributed by atoms with Gasteiger partial charge in [0.25, 0.3) is 5.69 Å². The molecule has 7 heteroatoms. The lowest BCUT2D eigenvalue weighted by atomic mass is 9.84. The molecule has 0 unspecified atom stereocenters. The second-order valence-corrected chi connectivity index (χ2v) is 6.12. The molecule has 1 aliphatic rings. The number of hydrogen-bond donors (Lipinski definition) is 1. The van der Waals surface area contributed by atoms with Gasteiger partial charge in [-0.25, -0.2) is 0 Å². The molecule has 0 amide bonds. The van der Waals surface area contributed by atoms with Crippen molar-refractivity contribution in [2.45, 2.75) is 42.9 Å². The van der Waals surface area contributed by atoms with Crippen LogP contribution in [0.2, 0.25) is 0 Å². The average molecular weight is 285 g/mol. The summed E-state index contributed by atoms with van der Waals surface area (Å²) in [5.41, 5.74) is -0.179. The zero-order valence-electron chi connectivity index (χ0n) is 10.3. The maximum atomic E-state index is 11.5. The summed E-state index contributed by atoms with van der Waals surface area (Å²) < 4.78 is 32.2. The van der Waals surface area contributed by atoms with Crippen LogP contribution in [0.25, 0.3) is 0 Å². The third-order valence-electron chi connectivity index (χ3n) is 3.52. The Kier molecular flexibility index (Phi) is 3.86. The number of rotatable bonds is 3. The van der Waals surface area contributed by atoms with Crippen LogP contribution in [0.15, 0.2) is 23.1 Å². The largest absolute Gasteiger partial charge is 0.301 e. The molecule has 1 aromatic rings. The second kappa shape index (κ2) is 5.26. The fraction of sp³-hybridized carbons (Fsp3) is 0.500. The van der Waals surface area contributed by atoms with Gasteiger partial charge in [-0.2, -0.15) is 8.42 Å². The lowest BCUT2D eigenvalue weighted by Crippen LogP contribution is -2.12. The van der Waals surface area contributed by atoms with E-state index >= 15 is 0 Å². The number of nitrogens with zero attached hydrogens (tertiary/aromatic N) is 1. The lowest BCUT2D eigenvalue weighted by Gasteiger charge is -2.23. The van der Waals surface area contributed by atoms with Gasteiger partial charge in [-0.05, 0) is 24.3 Å². The van der Waals surface area contributed by atoms with Crippen molar-refractivity contribution in [2.75, 3.05) is 0 Å². The van der Waals surface area contributed by atoms with Gasteiger partial charge in [0.2, 0.25) is 0 Å². The van der Waals surface area contributed by atoms with Crippen LogP contribution in [0.1, 0.15) is 43.6 Å². The Morgan fingerprint density at radius 1 is 1.21 bits per heavy atom. The minimum atomic E-state index is -4.60. The third kappa shape index (κ3) is 2.93. The van der Waals surface area contributed by atoms with Gasteiger partial charge in [0, 0.05) is 6.07 Å². The number of hydrogen-bond acceptors (Lipinski definition) is 4. The molecule has 19 heavy (non-hydrogen) atoms. The van der Waals surface area contributed by atoms with Crippen molar-refractivity contribution in [1.82, 2.24) is 0 Å². The zero-order chi connectivity index (χ0) is 14.0. The summed E-state index contributed by atoms with van der Waals surface area (Å²) in [6.07, 6.45) is 4.62. The van der Waals surface area contributed by atoms with E-state index in [2.05, 4.69) is 0 Å². The first-order valence-electron chi connectivity index (χ1n) is 6.16. The molecule has 1 aliphatic carbocycles. The van der Waals surface area contributed by atoms with E-state index in [-0.39, 0.29) is 5.92 Å². The first-order chi connectivity index (χ1) is 8.91. The topological polar surface area (TPSA) is 97.5 Å². The Bertz CT molecular complexity index is 590. The van der Waals surface area contributed by atoms with Crippen LogP contribution in [-0.4, -0.2) is 17.9 Å². The average Bonchev–Trinajstić information content (AvgIpc) is 2.38. The highest BCUT2D eigenvalue weighted by Crippen LogP contribution is 2.39.